The predicted octanol–water partition coefficient (Wildman–Crippen LogP) is 2.66. The molecule has 1 fully saturated rings. The first-order chi connectivity index (χ1) is 9.19. The first-order valence-electron chi connectivity index (χ1n) is 7.41. The summed E-state index contributed by atoms with van der Waals surface area (Å²) in [5.41, 5.74) is 0.0862. The van der Waals surface area contributed by atoms with Gasteiger partial charge in [0.1, 0.15) is 0 Å². The third-order valence-electron chi connectivity index (χ3n) is 3.59. The molecule has 1 heterocycles. The first kappa shape index (κ1) is 16.8. The van der Waals surface area contributed by atoms with E-state index < -0.39 is 5.97 Å². The van der Waals surface area contributed by atoms with Gasteiger partial charge in [0.15, 0.2) is 0 Å². The SMILES string of the molecule is CN(CC(C)(C)C)C(=O)N1CCCC(CCC(=O)O)C1. The Labute approximate surface area is 121 Å². The lowest BCUT2D eigenvalue weighted by Gasteiger charge is -2.37. The van der Waals surface area contributed by atoms with E-state index in [4.69, 9.17) is 5.11 Å². The topological polar surface area (TPSA) is 60.9 Å². The van der Waals surface area contributed by atoms with Crippen LogP contribution in [0.2, 0.25) is 0 Å². The average molecular weight is 284 g/mol. The lowest BCUT2D eigenvalue weighted by atomic mass is 9.93. The summed E-state index contributed by atoms with van der Waals surface area (Å²) in [6, 6.07) is 0.0694. The second-order valence-electron chi connectivity index (χ2n) is 7.09. The highest BCUT2D eigenvalue weighted by atomic mass is 16.4. The summed E-state index contributed by atoms with van der Waals surface area (Å²) >= 11 is 0. The third kappa shape index (κ3) is 5.80. The van der Waals surface area contributed by atoms with Gasteiger partial charge in [0, 0.05) is 33.1 Å². The Morgan fingerprint density at radius 3 is 2.55 bits per heavy atom. The Morgan fingerprint density at radius 2 is 2.00 bits per heavy atom. The van der Waals surface area contributed by atoms with Gasteiger partial charge in [0.2, 0.25) is 0 Å². The van der Waals surface area contributed by atoms with Crippen molar-refractivity contribution in [2.75, 3.05) is 26.7 Å². The van der Waals surface area contributed by atoms with Gasteiger partial charge in [0.25, 0.3) is 0 Å². The summed E-state index contributed by atoms with van der Waals surface area (Å²) in [6.45, 7) is 8.55. The summed E-state index contributed by atoms with van der Waals surface area (Å²) in [4.78, 5) is 26.7. The molecule has 1 rings (SSSR count). The van der Waals surface area contributed by atoms with Crippen molar-refractivity contribution in [3.8, 4) is 0 Å². The quantitative estimate of drug-likeness (QED) is 0.863. The highest BCUT2D eigenvalue weighted by Gasteiger charge is 2.27. The fourth-order valence-electron chi connectivity index (χ4n) is 2.82. The van der Waals surface area contributed by atoms with Crippen molar-refractivity contribution in [3.63, 3.8) is 0 Å². The Bertz CT molecular complexity index is 350. The largest absolute Gasteiger partial charge is 0.481 e. The number of amides is 2. The van der Waals surface area contributed by atoms with Crippen LogP contribution in [0.4, 0.5) is 4.79 Å². The molecule has 1 aliphatic rings. The van der Waals surface area contributed by atoms with Crippen molar-refractivity contribution in [1.29, 1.82) is 0 Å². The standard InChI is InChI=1S/C15H28N2O3/c1-15(2,3)11-16(4)14(20)17-9-5-6-12(10-17)7-8-13(18)19/h12H,5-11H2,1-4H3,(H,18,19). The minimum Gasteiger partial charge on any atom is -0.481 e. The molecule has 0 aromatic carbocycles. The van der Waals surface area contributed by atoms with Gasteiger partial charge in [-0.1, -0.05) is 20.8 Å². The maximum absolute atomic E-state index is 12.4. The fraction of sp³-hybridized carbons (Fsp3) is 0.867. The van der Waals surface area contributed by atoms with Gasteiger partial charge in [0.05, 0.1) is 0 Å². The summed E-state index contributed by atoms with van der Waals surface area (Å²) in [7, 11) is 1.84. The molecule has 1 aliphatic heterocycles. The van der Waals surface area contributed by atoms with Crippen molar-refractivity contribution >= 4 is 12.0 Å². The monoisotopic (exact) mass is 284 g/mol. The van der Waals surface area contributed by atoms with Crippen LogP contribution < -0.4 is 0 Å². The maximum atomic E-state index is 12.4. The van der Waals surface area contributed by atoms with Crippen LogP contribution in [0.15, 0.2) is 0 Å². The zero-order valence-corrected chi connectivity index (χ0v) is 13.2. The zero-order valence-electron chi connectivity index (χ0n) is 13.2. The van der Waals surface area contributed by atoms with E-state index in [9.17, 15) is 9.59 Å². The summed E-state index contributed by atoms with van der Waals surface area (Å²) in [5, 5.41) is 8.75. The van der Waals surface area contributed by atoms with E-state index in [1.54, 1.807) is 4.90 Å². The number of likely N-dealkylation sites (tertiary alicyclic amines) is 1. The number of carboxylic acids is 1. The van der Waals surface area contributed by atoms with Crippen molar-refractivity contribution in [2.24, 2.45) is 11.3 Å². The number of hydrogen-bond acceptors (Lipinski definition) is 2. The number of urea groups is 1. The molecule has 1 unspecified atom stereocenters. The van der Waals surface area contributed by atoms with Gasteiger partial charge >= 0.3 is 12.0 Å². The van der Waals surface area contributed by atoms with Crippen molar-refractivity contribution in [1.82, 2.24) is 9.80 Å². The number of piperidine rings is 1. The van der Waals surface area contributed by atoms with Gasteiger partial charge in [-0.15, -0.1) is 0 Å². The van der Waals surface area contributed by atoms with Gasteiger partial charge in [-0.25, -0.2) is 4.79 Å². The number of nitrogens with zero attached hydrogens (tertiary/aromatic N) is 2. The highest BCUT2D eigenvalue weighted by Crippen LogP contribution is 2.22. The van der Waals surface area contributed by atoms with E-state index in [0.29, 0.717) is 18.9 Å². The lowest BCUT2D eigenvalue weighted by molar-refractivity contribution is -0.137. The molecule has 5 heteroatoms. The molecule has 0 aromatic heterocycles. The Morgan fingerprint density at radius 1 is 1.35 bits per heavy atom. The number of carboxylic acid groups (broad SMARTS) is 1. The first-order valence-corrected chi connectivity index (χ1v) is 7.41. The molecule has 1 N–H and O–H groups in total. The van der Waals surface area contributed by atoms with E-state index in [-0.39, 0.29) is 17.9 Å². The molecule has 1 saturated heterocycles. The minimum atomic E-state index is -0.752. The second-order valence-corrected chi connectivity index (χ2v) is 7.09. The smallest absolute Gasteiger partial charge is 0.319 e. The number of carbonyl (C=O) groups excluding carboxylic acids is 1. The van der Waals surface area contributed by atoms with Gasteiger partial charge in [-0.2, -0.15) is 0 Å². The average Bonchev–Trinajstić information content (AvgIpc) is 2.33. The van der Waals surface area contributed by atoms with Crippen LogP contribution >= 0.6 is 0 Å². The van der Waals surface area contributed by atoms with E-state index in [0.717, 1.165) is 25.9 Å². The number of hydrogen-bond donors (Lipinski definition) is 1. The zero-order chi connectivity index (χ0) is 15.3. The van der Waals surface area contributed by atoms with E-state index in [1.165, 1.54) is 0 Å². The molecular formula is C15H28N2O3. The van der Waals surface area contributed by atoms with E-state index in [1.807, 2.05) is 11.9 Å². The minimum absolute atomic E-state index is 0.0694. The van der Waals surface area contributed by atoms with Crippen LogP contribution in [0.3, 0.4) is 0 Å². The molecule has 0 saturated carbocycles. The Kier molecular flexibility index (Phi) is 5.84. The van der Waals surface area contributed by atoms with Crippen LogP contribution in [0.25, 0.3) is 0 Å². The Balaban J connectivity index is 2.49. The van der Waals surface area contributed by atoms with Crippen LogP contribution in [0, 0.1) is 11.3 Å². The van der Waals surface area contributed by atoms with Crippen molar-refractivity contribution in [3.05, 3.63) is 0 Å². The lowest BCUT2D eigenvalue weighted by Crippen LogP contribution is -2.48. The molecule has 20 heavy (non-hydrogen) atoms. The maximum Gasteiger partial charge on any atom is 0.319 e. The molecule has 0 bridgehead atoms. The molecule has 0 radical (unpaired) electrons. The molecule has 0 aromatic rings. The number of rotatable bonds is 4. The van der Waals surface area contributed by atoms with Crippen molar-refractivity contribution < 1.29 is 14.7 Å². The predicted molar refractivity (Wildman–Crippen MR) is 78.6 cm³/mol. The number of carbonyl (C=O) groups is 2. The molecule has 116 valence electrons. The molecular weight excluding hydrogens is 256 g/mol. The highest BCUT2D eigenvalue weighted by molar-refractivity contribution is 5.74. The van der Waals surface area contributed by atoms with Gasteiger partial charge in [-0.3, -0.25) is 4.79 Å². The summed E-state index contributed by atoms with van der Waals surface area (Å²) in [6.07, 6.45) is 2.87. The molecule has 0 aliphatic carbocycles. The van der Waals surface area contributed by atoms with Gasteiger partial charge in [-0.05, 0) is 30.6 Å². The summed E-state index contributed by atoms with van der Waals surface area (Å²) < 4.78 is 0. The fourth-order valence-corrected chi connectivity index (χ4v) is 2.82. The Hall–Kier alpha value is -1.26. The molecule has 0 spiro atoms. The van der Waals surface area contributed by atoms with Crippen LogP contribution in [-0.2, 0) is 4.79 Å². The molecule has 2 amide bonds. The van der Waals surface area contributed by atoms with E-state index in [2.05, 4.69) is 20.8 Å². The molecule has 1 atom stereocenters. The second kappa shape index (κ2) is 6.95. The van der Waals surface area contributed by atoms with Crippen molar-refractivity contribution in [2.45, 2.75) is 46.5 Å². The molecule has 5 nitrogen and oxygen atoms in total. The van der Waals surface area contributed by atoms with Gasteiger partial charge < -0.3 is 14.9 Å². The van der Waals surface area contributed by atoms with Crippen LogP contribution in [0.1, 0.15) is 46.5 Å². The van der Waals surface area contributed by atoms with E-state index >= 15 is 0 Å². The third-order valence-corrected chi connectivity index (χ3v) is 3.59. The van der Waals surface area contributed by atoms with Crippen LogP contribution in [0.5, 0.6) is 0 Å². The normalized spacial score (nSPS) is 19.8. The number of aliphatic carboxylic acids is 1. The summed E-state index contributed by atoms with van der Waals surface area (Å²) in [5.74, 6) is -0.426. The van der Waals surface area contributed by atoms with Crippen LogP contribution in [-0.4, -0.2) is 53.6 Å².